The molecule has 0 unspecified atom stereocenters. The maximum atomic E-state index is 14.6. The van der Waals surface area contributed by atoms with Crippen molar-refractivity contribution in [3.8, 4) is 0 Å². The Balaban J connectivity index is 7.07. The zero-order valence-electron chi connectivity index (χ0n) is 33.7. The number of likely N-dealkylation sites (N-methyl/N-ethyl adjacent to an activating group) is 4. The molecule has 51 heavy (non-hydrogen) atoms. The number of nitrogens with one attached hydrogen (secondary N) is 2. The molecule has 0 heterocycles. The van der Waals surface area contributed by atoms with Gasteiger partial charge in [-0.1, -0.05) is 53.7 Å². The number of amides is 4. The van der Waals surface area contributed by atoms with Crippen molar-refractivity contribution in [2.75, 3.05) is 35.3 Å². The largest absolute Gasteiger partial charge is 0.467 e. The second-order valence-electron chi connectivity index (χ2n) is 14.8. The monoisotopic (exact) mass is 725 g/mol. The van der Waals surface area contributed by atoms with Gasteiger partial charge in [-0.25, -0.2) is 4.79 Å². The van der Waals surface area contributed by atoms with Crippen LogP contribution in [-0.2, 0) is 38.2 Å². The number of nitrogens with zero attached hydrogens (tertiary/aromatic N) is 3. The van der Waals surface area contributed by atoms with Gasteiger partial charge in [-0.3, -0.25) is 24.0 Å². The summed E-state index contributed by atoms with van der Waals surface area (Å²) in [4.78, 5) is 85.5. The van der Waals surface area contributed by atoms with Crippen LogP contribution in [-0.4, -0.2) is 133 Å². The summed E-state index contributed by atoms with van der Waals surface area (Å²) in [5.74, 6) is -4.42. The minimum absolute atomic E-state index is 0.00154. The van der Waals surface area contributed by atoms with Gasteiger partial charge < -0.3 is 39.9 Å². The zero-order valence-corrected chi connectivity index (χ0v) is 33.7. The van der Waals surface area contributed by atoms with E-state index in [2.05, 4.69) is 10.6 Å². The molecule has 0 bridgehead atoms. The van der Waals surface area contributed by atoms with E-state index in [1.54, 1.807) is 48.6 Å². The molecule has 0 aromatic heterocycles. The summed E-state index contributed by atoms with van der Waals surface area (Å²) in [7, 11) is 7.26. The van der Waals surface area contributed by atoms with E-state index in [1.165, 1.54) is 49.9 Å². The van der Waals surface area contributed by atoms with Gasteiger partial charge in [-0.2, -0.15) is 0 Å². The van der Waals surface area contributed by atoms with E-state index in [1.807, 2.05) is 32.9 Å². The van der Waals surface area contributed by atoms with Gasteiger partial charge in [0.1, 0.15) is 30.3 Å². The van der Waals surface area contributed by atoms with E-state index in [0.717, 1.165) is 0 Å². The van der Waals surface area contributed by atoms with Gasteiger partial charge in [-0.05, 0) is 71.3 Å². The highest BCUT2D eigenvalue weighted by atomic mass is 16.5. The van der Waals surface area contributed by atoms with Gasteiger partial charge in [-0.15, -0.1) is 0 Å². The standard InChI is InChI=1S/C37H67N5O9/c1-16-18-19-24(7)31(51-25(8)43)30(32(44)39-26(17-2)36(48)50-15)42(14)35(47)29(23(5)6)41(13)34(46)28(20-22(3)4)40(12)33(45)27(38-11)21-37(9,10)49/h16,18,22-24,26-31,38,49H,17,19-21H2,1-15H3,(H,39,44)/b18-16+/t24-,26+,27+,28+,29+,30+,31-/m1/s1. The number of aliphatic hydroxyl groups is 1. The van der Waals surface area contributed by atoms with Crippen LogP contribution in [0.25, 0.3) is 0 Å². The fourth-order valence-corrected chi connectivity index (χ4v) is 6.14. The van der Waals surface area contributed by atoms with Crippen molar-refractivity contribution in [3.05, 3.63) is 12.2 Å². The Morgan fingerprint density at radius 1 is 0.863 bits per heavy atom. The molecule has 4 amide bonds. The summed E-state index contributed by atoms with van der Waals surface area (Å²) in [6.07, 6.45) is 3.59. The topological polar surface area (TPSA) is 175 Å². The predicted molar refractivity (Wildman–Crippen MR) is 196 cm³/mol. The highest BCUT2D eigenvalue weighted by Crippen LogP contribution is 2.25. The van der Waals surface area contributed by atoms with E-state index in [0.29, 0.717) is 12.8 Å². The van der Waals surface area contributed by atoms with Gasteiger partial charge in [0.2, 0.25) is 23.6 Å². The first kappa shape index (κ1) is 47.5. The third-order valence-corrected chi connectivity index (χ3v) is 8.96. The second-order valence-corrected chi connectivity index (χ2v) is 14.8. The average Bonchev–Trinajstić information content (AvgIpc) is 3.04. The molecule has 0 saturated heterocycles. The van der Waals surface area contributed by atoms with Crippen LogP contribution in [0.3, 0.4) is 0 Å². The van der Waals surface area contributed by atoms with Crippen molar-refractivity contribution in [1.82, 2.24) is 25.3 Å². The smallest absolute Gasteiger partial charge is 0.328 e. The Morgan fingerprint density at radius 3 is 1.82 bits per heavy atom. The summed E-state index contributed by atoms with van der Waals surface area (Å²) < 4.78 is 10.6. The fraction of sp³-hybridized carbons (Fsp3) is 0.784. The Morgan fingerprint density at radius 2 is 1.41 bits per heavy atom. The van der Waals surface area contributed by atoms with E-state index in [9.17, 15) is 33.9 Å². The molecule has 14 heteroatoms. The number of hydrogen-bond acceptors (Lipinski definition) is 10. The highest BCUT2D eigenvalue weighted by Gasteiger charge is 2.45. The number of carbonyl (C=O) groups is 6. The van der Waals surface area contributed by atoms with Gasteiger partial charge >= 0.3 is 11.9 Å². The fourth-order valence-electron chi connectivity index (χ4n) is 6.14. The molecule has 3 N–H and O–H groups in total. The summed E-state index contributed by atoms with van der Waals surface area (Å²) in [6.45, 7) is 17.1. The van der Waals surface area contributed by atoms with Crippen LogP contribution in [0.5, 0.6) is 0 Å². The molecule has 0 aliphatic heterocycles. The third-order valence-electron chi connectivity index (χ3n) is 8.96. The van der Waals surface area contributed by atoms with Crippen LogP contribution in [0.2, 0.25) is 0 Å². The van der Waals surface area contributed by atoms with Gasteiger partial charge in [0.05, 0.1) is 18.8 Å². The molecule has 0 aromatic carbocycles. The second kappa shape index (κ2) is 21.8. The summed E-state index contributed by atoms with van der Waals surface area (Å²) in [5.41, 5.74) is -1.15. The quantitative estimate of drug-likeness (QED) is 0.118. The van der Waals surface area contributed by atoms with Crippen LogP contribution in [0, 0.1) is 17.8 Å². The molecular weight excluding hydrogens is 658 g/mol. The molecule has 0 rings (SSSR count). The van der Waals surface area contributed by atoms with E-state index in [4.69, 9.17) is 9.47 Å². The lowest BCUT2D eigenvalue weighted by Gasteiger charge is -2.41. The predicted octanol–water partition coefficient (Wildman–Crippen LogP) is 2.52. The van der Waals surface area contributed by atoms with E-state index < -0.39 is 83.4 Å². The lowest BCUT2D eigenvalue weighted by Crippen LogP contribution is -2.63. The van der Waals surface area contributed by atoms with Crippen LogP contribution >= 0.6 is 0 Å². The van der Waals surface area contributed by atoms with Gasteiger partial charge in [0, 0.05) is 28.1 Å². The highest BCUT2D eigenvalue weighted by molar-refractivity contribution is 5.96. The minimum Gasteiger partial charge on any atom is -0.467 e. The molecule has 0 spiro atoms. The van der Waals surface area contributed by atoms with Crippen LogP contribution in [0.4, 0.5) is 0 Å². The molecule has 0 saturated carbocycles. The molecule has 0 aliphatic rings. The Kier molecular flexibility index (Phi) is 20.3. The summed E-state index contributed by atoms with van der Waals surface area (Å²) >= 11 is 0. The van der Waals surface area contributed by atoms with Crippen molar-refractivity contribution in [2.45, 2.75) is 137 Å². The van der Waals surface area contributed by atoms with Crippen molar-refractivity contribution < 1.29 is 43.3 Å². The van der Waals surface area contributed by atoms with Crippen LogP contribution < -0.4 is 10.6 Å². The molecule has 0 aromatic rings. The maximum Gasteiger partial charge on any atom is 0.328 e. The van der Waals surface area contributed by atoms with Crippen LogP contribution in [0.1, 0.15) is 94.9 Å². The number of hydrogen-bond donors (Lipinski definition) is 3. The normalized spacial score (nSPS) is 16.0. The molecular formula is C37H67N5O9. The molecule has 0 aliphatic carbocycles. The number of esters is 2. The Bertz CT molecular complexity index is 1200. The lowest BCUT2D eigenvalue weighted by atomic mass is 9.91. The summed E-state index contributed by atoms with van der Waals surface area (Å²) in [5, 5.41) is 16.0. The maximum absolute atomic E-state index is 14.6. The third kappa shape index (κ3) is 14.6. The molecule has 0 radical (unpaired) electrons. The van der Waals surface area contributed by atoms with Crippen molar-refractivity contribution in [3.63, 3.8) is 0 Å². The minimum atomic E-state index is -1.39. The zero-order chi connectivity index (χ0) is 40.0. The lowest BCUT2D eigenvalue weighted by molar-refractivity contribution is -0.164. The van der Waals surface area contributed by atoms with Crippen molar-refractivity contribution in [1.29, 1.82) is 0 Å². The van der Waals surface area contributed by atoms with Crippen LogP contribution in [0.15, 0.2) is 12.2 Å². The van der Waals surface area contributed by atoms with Gasteiger partial charge in [0.15, 0.2) is 0 Å². The first-order chi connectivity index (χ1) is 23.5. The number of methoxy groups -OCH3 is 1. The first-order valence-electron chi connectivity index (χ1n) is 17.9. The summed E-state index contributed by atoms with van der Waals surface area (Å²) in [6, 6.07) is -5.22. The molecule has 0 fully saturated rings. The molecule has 7 atom stereocenters. The Hall–Kier alpha value is -3.52. The molecule has 14 nitrogen and oxygen atoms in total. The van der Waals surface area contributed by atoms with E-state index in [-0.39, 0.29) is 24.7 Å². The number of ether oxygens (including phenoxy) is 2. The number of rotatable bonds is 21. The van der Waals surface area contributed by atoms with Crippen molar-refractivity contribution >= 4 is 35.6 Å². The average molecular weight is 726 g/mol. The first-order valence-corrected chi connectivity index (χ1v) is 17.9. The SMILES string of the molecule is C/C=C/C[C@@H](C)[C@@H](OC(C)=O)[C@@H](C(=O)N[C@@H](CC)C(=O)OC)N(C)C(=O)[C@H](C(C)C)N(C)C(=O)[C@H](CC(C)C)N(C)C(=O)[C@H](CC(C)(C)O)NC. The number of allylic oxidation sites excluding steroid dienone is 2. The Labute approximate surface area is 306 Å². The molecule has 294 valence electrons. The van der Waals surface area contributed by atoms with E-state index >= 15 is 0 Å². The van der Waals surface area contributed by atoms with Crippen molar-refractivity contribution in [2.24, 2.45) is 17.8 Å². The van der Waals surface area contributed by atoms with Gasteiger partial charge in [0.25, 0.3) is 0 Å². The number of carbonyl (C=O) groups excluding carboxylic acids is 6.